The number of nitrogens with one attached hydrogen (secondary N) is 1. The van der Waals surface area contributed by atoms with Crippen molar-refractivity contribution in [3.63, 3.8) is 0 Å². The van der Waals surface area contributed by atoms with Gasteiger partial charge in [0.2, 0.25) is 5.91 Å². The number of aromatic nitrogens is 2. The van der Waals surface area contributed by atoms with E-state index in [9.17, 15) is 4.79 Å². The van der Waals surface area contributed by atoms with Gasteiger partial charge in [-0.2, -0.15) is 5.10 Å². The van der Waals surface area contributed by atoms with Gasteiger partial charge in [-0.15, -0.1) is 12.4 Å². The van der Waals surface area contributed by atoms with Crippen LogP contribution in [0.3, 0.4) is 0 Å². The number of hydrogen-bond donors (Lipinski definition) is 1. The molecule has 2 saturated heterocycles. The predicted octanol–water partition coefficient (Wildman–Crippen LogP) is 1.84. The molecule has 0 bridgehead atoms. The van der Waals surface area contributed by atoms with Crippen LogP contribution in [0.4, 0.5) is 0 Å². The third kappa shape index (κ3) is 3.35. The second-order valence-corrected chi connectivity index (χ2v) is 6.30. The minimum absolute atomic E-state index is 0. The molecule has 2 fully saturated rings. The maximum absolute atomic E-state index is 12.3. The van der Waals surface area contributed by atoms with E-state index in [2.05, 4.69) is 26.3 Å². The molecule has 1 aromatic rings. The minimum Gasteiger partial charge on any atom is -0.342 e. The quantitative estimate of drug-likeness (QED) is 0.872. The van der Waals surface area contributed by atoms with Crippen molar-refractivity contribution in [2.75, 3.05) is 26.2 Å². The van der Waals surface area contributed by atoms with Gasteiger partial charge >= 0.3 is 0 Å². The van der Waals surface area contributed by atoms with Gasteiger partial charge in [0, 0.05) is 25.8 Å². The molecule has 20 heavy (non-hydrogen) atoms. The van der Waals surface area contributed by atoms with E-state index in [1.165, 1.54) is 0 Å². The molecule has 7 heteroatoms. The number of hydrogen-bond acceptors (Lipinski definition) is 3. The van der Waals surface area contributed by atoms with Gasteiger partial charge in [0.15, 0.2) is 0 Å². The van der Waals surface area contributed by atoms with Crippen molar-refractivity contribution in [1.82, 2.24) is 20.0 Å². The van der Waals surface area contributed by atoms with Gasteiger partial charge in [-0.1, -0.05) is 0 Å². The molecule has 1 N–H and O–H groups in total. The number of amides is 1. The number of carbonyl (C=O) groups excluding carboxylic acids is 1. The van der Waals surface area contributed by atoms with E-state index in [1.807, 2.05) is 22.0 Å². The maximum atomic E-state index is 12.3. The molecule has 1 atom stereocenters. The largest absolute Gasteiger partial charge is 0.342 e. The Bertz CT molecular complexity index is 453. The Balaban J connectivity index is 0.00000147. The van der Waals surface area contributed by atoms with Crippen LogP contribution in [0, 0.1) is 5.92 Å². The maximum Gasteiger partial charge on any atom is 0.227 e. The summed E-state index contributed by atoms with van der Waals surface area (Å²) >= 11 is 3.42. The molecule has 1 aromatic heterocycles. The first-order valence-electron chi connectivity index (χ1n) is 6.93. The first-order chi connectivity index (χ1) is 9.24. The third-order valence-corrected chi connectivity index (χ3v) is 4.54. The lowest BCUT2D eigenvalue weighted by molar-refractivity contribution is -0.136. The summed E-state index contributed by atoms with van der Waals surface area (Å²) in [5.41, 5.74) is 0. The van der Waals surface area contributed by atoms with Crippen LogP contribution in [-0.4, -0.2) is 46.8 Å². The van der Waals surface area contributed by atoms with Crippen molar-refractivity contribution < 1.29 is 4.79 Å². The summed E-state index contributed by atoms with van der Waals surface area (Å²) in [4.78, 5) is 14.3. The smallest absolute Gasteiger partial charge is 0.227 e. The second-order valence-electron chi connectivity index (χ2n) is 5.38. The highest BCUT2D eigenvalue weighted by molar-refractivity contribution is 9.10. The predicted molar refractivity (Wildman–Crippen MR) is 83.0 cm³/mol. The molecular weight excluding hydrogens is 344 g/mol. The molecule has 2 aliphatic heterocycles. The van der Waals surface area contributed by atoms with Crippen molar-refractivity contribution in [3.8, 4) is 0 Å². The molecule has 0 radical (unpaired) electrons. The summed E-state index contributed by atoms with van der Waals surface area (Å²) in [5.74, 6) is 0.542. The van der Waals surface area contributed by atoms with Gasteiger partial charge in [-0.25, -0.2) is 0 Å². The van der Waals surface area contributed by atoms with Crippen molar-refractivity contribution in [2.45, 2.75) is 25.3 Å². The summed E-state index contributed by atoms with van der Waals surface area (Å²) in [6, 6.07) is 0.428. The fourth-order valence-electron chi connectivity index (χ4n) is 2.99. The van der Waals surface area contributed by atoms with E-state index in [4.69, 9.17) is 0 Å². The Labute approximate surface area is 133 Å². The molecule has 1 amide bonds. The van der Waals surface area contributed by atoms with E-state index >= 15 is 0 Å². The lowest BCUT2D eigenvalue weighted by atomic mass is 10.0. The summed E-state index contributed by atoms with van der Waals surface area (Å²) < 4.78 is 3.03. The highest BCUT2D eigenvalue weighted by atomic mass is 79.9. The van der Waals surface area contributed by atoms with Crippen molar-refractivity contribution in [2.24, 2.45) is 5.92 Å². The van der Waals surface area contributed by atoms with Gasteiger partial charge in [-0.3, -0.25) is 9.48 Å². The lowest BCUT2D eigenvalue weighted by Gasteiger charge is -2.33. The summed E-state index contributed by atoms with van der Waals surface area (Å²) in [5, 5.41) is 7.61. The van der Waals surface area contributed by atoms with E-state index < -0.39 is 0 Å². The number of carbonyl (C=O) groups is 1. The van der Waals surface area contributed by atoms with Crippen LogP contribution in [-0.2, 0) is 4.79 Å². The normalized spacial score (nSPS) is 23.6. The number of halogens is 2. The van der Waals surface area contributed by atoms with Crippen LogP contribution < -0.4 is 5.32 Å². The molecule has 0 saturated carbocycles. The Hall–Kier alpha value is -0.590. The van der Waals surface area contributed by atoms with Crippen molar-refractivity contribution in [1.29, 1.82) is 0 Å². The number of piperidine rings is 1. The van der Waals surface area contributed by atoms with E-state index in [1.54, 1.807) is 0 Å². The highest BCUT2D eigenvalue weighted by Crippen LogP contribution is 2.25. The Morgan fingerprint density at radius 1 is 1.35 bits per heavy atom. The van der Waals surface area contributed by atoms with Crippen LogP contribution in [0.25, 0.3) is 0 Å². The molecule has 112 valence electrons. The summed E-state index contributed by atoms with van der Waals surface area (Å²) in [6.45, 7) is 3.55. The monoisotopic (exact) mass is 362 g/mol. The van der Waals surface area contributed by atoms with Gasteiger partial charge in [0.25, 0.3) is 0 Å². The van der Waals surface area contributed by atoms with Gasteiger partial charge in [0.1, 0.15) is 0 Å². The van der Waals surface area contributed by atoms with Crippen LogP contribution in [0.15, 0.2) is 16.9 Å². The fraction of sp³-hybridized carbons (Fsp3) is 0.692. The molecule has 2 aliphatic rings. The molecular formula is C13H20BrClN4O. The lowest BCUT2D eigenvalue weighted by Crippen LogP contribution is -2.42. The number of nitrogens with zero attached hydrogens (tertiary/aromatic N) is 3. The van der Waals surface area contributed by atoms with Crippen molar-refractivity contribution in [3.05, 3.63) is 16.9 Å². The zero-order valence-corrected chi connectivity index (χ0v) is 13.7. The molecule has 0 spiro atoms. The third-order valence-electron chi connectivity index (χ3n) is 4.13. The molecule has 0 aromatic carbocycles. The van der Waals surface area contributed by atoms with Crippen LogP contribution in [0.5, 0.6) is 0 Å². The van der Waals surface area contributed by atoms with Crippen molar-refractivity contribution >= 4 is 34.2 Å². The highest BCUT2D eigenvalue weighted by Gasteiger charge is 2.30. The van der Waals surface area contributed by atoms with Crippen LogP contribution in [0.2, 0.25) is 0 Å². The first-order valence-corrected chi connectivity index (χ1v) is 7.72. The Morgan fingerprint density at radius 3 is 2.65 bits per heavy atom. The van der Waals surface area contributed by atoms with E-state index in [-0.39, 0.29) is 18.3 Å². The average molecular weight is 364 g/mol. The Morgan fingerprint density at radius 2 is 2.10 bits per heavy atom. The van der Waals surface area contributed by atoms with Gasteiger partial charge in [-0.05, 0) is 41.7 Å². The molecule has 0 aliphatic carbocycles. The summed E-state index contributed by atoms with van der Waals surface area (Å²) in [6.07, 6.45) is 6.83. The van der Waals surface area contributed by atoms with Gasteiger partial charge < -0.3 is 10.2 Å². The SMILES string of the molecule is Cl.O=C(C1CCNC1)N1CCC(n2cc(Br)cn2)CC1. The minimum atomic E-state index is 0. The standard InChI is InChI=1S/C13H19BrN4O.ClH/c14-11-8-16-18(9-11)12-2-5-17(6-3-12)13(19)10-1-4-15-7-10;/h8-10,12,15H,1-7H2;1H. The van der Waals surface area contributed by atoms with Crippen LogP contribution in [0.1, 0.15) is 25.3 Å². The molecule has 5 nitrogen and oxygen atoms in total. The second kappa shape index (κ2) is 6.91. The average Bonchev–Trinajstić information content (AvgIpc) is 3.09. The van der Waals surface area contributed by atoms with Gasteiger partial charge in [0.05, 0.1) is 22.6 Å². The van der Waals surface area contributed by atoms with Crippen LogP contribution >= 0.6 is 28.3 Å². The molecule has 3 heterocycles. The number of rotatable bonds is 2. The summed E-state index contributed by atoms with van der Waals surface area (Å²) in [7, 11) is 0. The number of likely N-dealkylation sites (tertiary alicyclic amines) is 1. The van der Waals surface area contributed by atoms with E-state index in [0.717, 1.165) is 49.9 Å². The molecule has 1 unspecified atom stereocenters. The Kier molecular flexibility index (Phi) is 5.46. The zero-order valence-electron chi connectivity index (χ0n) is 11.3. The van der Waals surface area contributed by atoms with E-state index in [0.29, 0.717) is 11.9 Å². The first kappa shape index (κ1) is 15.8. The fourth-order valence-corrected chi connectivity index (χ4v) is 3.29. The zero-order chi connectivity index (χ0) is 13.2. The topological polar surface area (TPSA) is 50.2 Å². The molecule has 3 rings (SSSR count).